The number of morpholine rings is 1. The Morgan fingerprint density at radius 1 is 0.971 bits per heavy atom. The van der Waals surface area contributed by atoms with E-state index in [4.69, 9.17) is 4.74 Å². The van der Waals surface area contributed by atoms with E-state index in [1.807, 2.05) is 23.6 Å². The van der Waals surface area contributed by atoms with Crippen LogP contribution in [-0.4, -0.2) is 105 Å². The van der Waals surface area contributed by atoms with Crippen LogP contribution in [0.5, 0.6) is 0 Å². The third-order valence-corrected chi connectivity index (χ3v) is 6.47. The Morgan fingerprint density at radius 3 is 2.20 bits per heavy atom. The molecule has 2 heterocycles. The van der Waals surface area contributed by atoms with Gasteiger partial charge in [0.05, 0.1) is 43.2 Å². The van der Waals surface area contributed by atoms with Crippen LogP contribution in [0.1, 0.15) is 25.8 Å². The third kappa shape index (κ3) is 7.81. The molecule has 8 nitrogen and oxygen atoms in total. The van der Waals surface area contributed by atoms with Crippen LogP contribution in [0.25, 0.3) is 0 Å². The fourth-order valence-electron chi connectivity index (χ4n) is 4.49. The van der Waals surface area contributed by atoms with Gasteiger partial charge in [-0.1, -0.05) is 0 Å². The Labute approximate surface area is 205 Å². The van der Waals surface area contributed by atoms with Crippen molar-refractivity contribution in [1.82, 2.24) is 14.7 Å². The fraction of sp³-hybridized carbons (Fsp3) is 0.667. The van der Waals surface area contributed by atoms with Gasteiger partial charge >= 0.3 is 6.18 Å². The van der Waals surface area contributed by atoms with Crippen molar-refractivity contribution in [3.8, 4) is 0 Å². The second kappa shape index (κ2) is 12.5. The molecule has 0 radical (unpaired) electrons. The molecule has 0 bridgehead atoms. The van der Waals surface area contributed by atoms with E-state index in [0.29, 0.717) is 71.3 Å². The first-order chi connectivity index (χ1) is 16.7. The van der Waals surface area contributed by atoms with Crippen LogP contribution in [0.4, 0.5) is 24.5 Å². The van der Waals surface area contributed by atoms with Gasteiger partial charge in [-0.2, -0.15) is 13.2 Å². The van der Waals surface area contributed by atoms with E-state index >= 15 is 0 Å². The molecule has 1 aromatic carbocycles. The summed E-state index contributed by atoms with van der Waals surface area (Å²) in [6.07, 6.45) is -3.69. The van der Waals surface area contributed by atoms with Crippen LogP contribution < -0.4 is 10.2 Å². The minimum absolute atomic E-state index is 0.0800. The largest absolute Gasteiger partial charge is 0.416 e. The molecule has 2 fully saturated rings. The lowest BCUT2D eigenvalue weighted by molar-refractivity contribution is -0.137. The van der Waals surface area contributed by atoms with Crippen LogP contribution in [0.3, 0.4) is 0 Å². The summed E-state index contributed by atoms with van der Waals surface area (Å²) in [5, 5.41) is 2.72. The zero-order valence-electron chi connectivity index (χ0n) is 20.6. The Bertz CT molecular complexity index is 857. The molecule has 1 aromatic rings. The maximum Gasteiger partial charge on any atom is 0.416 e. The topological polar surface area (TPSA) is 68.4 Å². The molecular formula is C24H36F3N5O3. The van der Waals surface area contributed by atoms with Crippen LogP contribution in [0, 0.1) is 0 Å². The first-order valence-corrected chi connectivity index (χ1v) is 12.3. The molecular weight excluding hydrogens is 463 g/mol. The number of halogens is 3. The fourth-order valence-corrected chi connectivity index (χ4v) is 4.49. The number of carbonyl (C=O) groups excluding carboxylic acids is 2. The summed E-state index contributed by atoms with van der Waals surface area (Å²) in [5.41, 5.74) is -0.0762. The highest BCUT2D eigenvalue weighted by Crippen LogP contribution is 2.35. The van der Waals surface area contributed by atoms with E-state index in [-0.39, 0.29) is 24.0 Å². The van der Waals surface area contributed by atoms with Crippen molar-refractivity contribution >= 4 is 23.2 Å². The van der Waals surface area contributed by atoms with Gasteiger partial charge in [0.2, 0.25) is 11.8 Å². The lowest BCUT2D eigenvalue weighted by Gasteiger charge is -2.31. The Balaban J connectivity index is 1.61. The second-order valence-electron chi connectivity index (χ2n) is 8.85. The summed E-state index contributed by atoms with van der Waals surface area (Å²) in [7, 11) is 0. The van der Waals surface area contributed by atoms with Crippen LogP contribution >= 0.6 is 0 Å². The highest BCUT2D eigenvalue weighted by molar-refractivity contribution is 5.95. The molecule has 11 heteroatoms. The highest BCUT2D eigenvalue weighted by atomic mass is 19.4. The minimum Gasteiger partial charge on any atom is -0.378 e. The summed E-state index contributed by atoms with van der Waals surface area (Å²) >= 11 is 0. The zero-order chi connectivity index (χ0) is 25.4. The van der Waals surface area contributed by atoms with Gasteiger partial charge in [0.15, 0.2) is 0 Å². The number of nitrogens with one attached hydrogen (secondary N) is 1. The van der Waals surface area contributed by atoms with Crippen molar-refractivity contribution in [3.63, 3.8) is 0 Å². The molecule has 35 heavy (non-hydrogen) atoms. The minimum atomic E-state index is -4.50. The number of anilines is 2. The molecule has 2 aliphatic heterocycles. The number of rotatable bonds is 8. The monoisotopic (exact) mass is 499 g/mol. The van der Waals surface area contributed by atoms with Crippen molar-refractivity contribution in [2.45, 2.75) is 26.4 Å². The quantitative estimate of drug-likeness (QED) is 0.593. The standard InChI is InChI=1S/C24H36F3N5O3/c1-3-31(4-2)23(34)18-30-9-5-8-29(10-11-30)17-22(33)28-20-16-19(24(25,26)27)6-7-21(20)32-12-14-35-15-13-32/h6-7,16H,3-5,8-15,17-18H2,1-2H3,(H,28,33). The number of alkyl halides is 3. The molecule has 3 rings (SSSR count). The average Bonchev–Trinajstić information content (AvgIpc) is 3.04. The number of ether oxygens (including phenoxy) is 1. The van der Waals surface area contributed by atoms with Crippen LogP contribution in [0.2, 0.25) is 0 Å². The lowest BCUT2D eigenvalue weighted by atomic mass is 10.1. The maximum atomic E-state index is 13.3. The molecule has 0 aliphatic carbocycles. The number of benzene rings is 1. The van der Waals surface area contributed by atoms with Gasteiger partial charge in [-0.25, -0.2) is 0 Å². The van der Waals surface area contributed by atoms with E-state index in [1.54, 1.807) is 4.90 Å². The van der Waals surface area contributed by atoms with Crippen LogP contribution in [0.15, 0.2) is 18.2 Å². The molecule has 2 amide bonds. The Morgan fingerprint density at radius 2 is 1.60 bits per heavy atom. The normalized spacial score (nSPS) is 18.3. The molecule has 0 atom stereocenters. The number of amides is 2. The lowest BCUT2D eigenvalue weighted by Crippen LogP contribution is -2.42. The summed E-state index contributed by atoms with van der Waals surface area (Å²) in [4.78, 5) is 33.1. The smallest absolute Gasteiger partial charge is 0.378 e. The molecule has 0 aromatic heterocycles. The van der Waals surface area contributed by atoms with Crippen molar-refractivity contribution in [2.24, 2.45) is 0 Å². The van der Waals surface area contributed by atoms with Gasteiger partial charge in [0.1, 0.15) is 0 Å². The van der Waals surface area contributed by atoms with Gasteiger partial charge in [-0.15, -0.1) is 0 Å². The molecule has 0 saturated carbocycles. The van der Waals surface area contributed by atoms with Gasteiger partial charge in [-0.3, -0.25) is 19.4 Å². The molecule has 0 unspecified atom stereocenters. The number of likely N-dealkylation sites (N-methyl/N-ethyl adjacent to an activating group) is 1. The van der Waals surface area contributed by atoms with Crippen molar-refractivity contribution in [2.75, 3.05) is 88.9 Å². The second-order valence-corrected chi connectivity index (χ2v) is 8.85. The maximum absolute atomic E-state index is 13.3. The van der Waals surface area contributed by atoms with Crippen LogP contribution in [-0.2, 0) is 20.5 Å². The van der Waals surface area contributed by atoms with E-state index < -0.39 is 11.7 Å². The molecule has 2 saturated heterocycles. The van der Waals surface area contributed by atoms with E-state index in [0.717, 1.165) is 25.1 Å². The number of hydrogen-bond donors (Lipinski definition) is 1. The number of nitrogens with zero attached hydrogens (tertiary/aromatic N) is 4. The molecule has 1 N–H and O–H groups in total. The molecule has 196 valence electrons. The molecule has 2 aliphatic rings. The SMILES string of the molecule is CCN(CC)C(=O)CN1CCCN(CC(=O)Nc2cc(C(F)(F)F)ccc2N2CCOCC2)CC1. The van der Waals surface area contributed by atoms with Crippen molar-refractivity contribution in [3.05, 3.63) is 23.8 Å². The number of carbonyl (C=O) groups is 2. The van der Waals surface area contributed by atoms with Crippen molar-refractivity contribution in [1.29, 1.82) is 0 Å². The van der Waals surface area contributed by atoms with Gasteiger partial charge in [0.25, 0.3) is 0 Å². The average molecular weight is 500 g/mol. The Kier molecular flexibility index (Phi) is 9.76. The van der Waals surface area contributed by atoms with Gasteiger partial charge < -0.3 is 19.9 Å². The predicted octanol–water partition coefficient (Wildman–Crippen LogP) is 2.36. The molecule has 0 spiro atoms. The van der Waals surface area contributed by atoms with Gasteiger partial charge in [0, 0.05) is 39.3 Å². The first kappa shape index (κ1) is 27.2. The van der Waals surface area contributed by atoms with E-state index in [9.17, 15) is 22.8 Å². The summed E-state index contributed by atoms with van der Waals surface area (Å²) in [6, 6.07) is 3.47. The Hall–Kier alpha value is -2.37. The number of hydrogen-bond acceptors (Lipinski definition) is 6. The summed E-state index contributed by atoms with van der Waals surface area (Å²) < 4.78 is 45.3. The zero-order valence-corrected chi connectivity index (χ0v) is 20.6. The van der Waals surface area contributed by atoms with E-state index in [2.05, 4.69) is 10.2 Å². The first-order valence-electron chi connectivity index (χ1n) is 12.3. The third-order valence-electron chi connectivity index (χ3n) is 6.47. The van der Waals surface area contributed by atoms with E-state index in [1.165, 1.54) is 6.07 Å². The highest BCUT2D eigenvalue weighted by Gasteiger charge is 2.32. The van der Waals surface area contributed by atoms with Gasteiger partial charge in [-0.05, 0) is 51.6 Å². The van der Waals surface area contributed by atoms with Crippen molar-refractivity contribution < 1.29 is 27.5 Å². The summed E-state index contributed by atoms with van der Waals surface area (Å²) in [6.45, 7) is 10.5. The summed E-state index contributed by atoms with van der Waals surface area (Å²) in [5.74, 6) is -0.257. The predicted molar refractivity (Wildman–Crippen MR) is 129 cm³/mol.